The number of piperazine rings is 1. The minimum atomic E-state index is -4.09. The molecule has 154 valence electrons. The highest BCUT2D eigenvalue weighted by atomic mass is 32.2. The summed E-state index contributed by atoms with van der Waals surface area (Å²) >= 11 is 0. The van der Waals surface area contributed by atoms with Gasteiger partial charge in [0.15, 0.2) is 0 Å². The van der Waals surface area contributed by atoms with Gasteiger partial charge in [-0.1, -0.05) is 30.3 Å². The van der Waals surface area contributed by atoms with Crippen LogP contribution in [0.3, 0.4) is 0 Å². The number of methoxy groups -OCH3 is 2. The van der Waals surface area contributed by atoms with Crippen molar-refractivity contribution in [2.24, 2.45) is 0 Å². The van der Waals surface area contributed by atoms with Crippen molar-refractivity contribution >= 4 is 21.9 Å². The summed E-state index contributed by atoms with van der Waals surface area (Å²) < 4.78 is 37.0. The fourth-order valence-electron chi connectivity index (χ4n) is 3.17. The van der Waals surface area contributed by atoms with Crippen LogP contribution in [-0.4, -0.2) is 62.9 Å². The first-order chi connectivity index (χ1) is 13.9. The van der Waals surface area contributed by atoms with Crippen LogP contribution in [-0.2, 0) is 30.9 Å². The quantitative estimate of drug-likeness (QED) is 0.656. The molecule has 1 heterocycles. The third-order valence-electron chi connectivity index (χ3n) is 4.74. The lowest BCUT2D eigenvalue weighted by Crippen LogP contribution is -2.60. The summed E-state index contributed by atoms with van der Waals surface area (Å²) in [6.07, 6.45) is 0. The standard InChI is InChI=1S/C20H22N2O6S/c1-27-16-8-10-17(11-9-16)29(25,26)22-14-19(23)21(13-18(22)20(24)28-2)12-15-6-4-3-5-7-15/h3-11,18H,12-14H2,1-2H3. The van der Waals surface area contributed by atoms with Gasteiger partial charge in [-0.05, 0) is 29.8 Å². The van der Waals surface area contributed by atoms with Crippen LogP contribution in [0.25, 0.3) is 0 Å². The van der Waals surface area contributed by atoms with E-state index in [1.807, 2.05) is 30.3 Å². The molecule has 1 aliphatic rings. The largest absolute Gasteiger partial charge is 0.497 e. The van der Waals surface area contributed by atoms with Gasteiger partial charge < -0.3 is 14.4 Å². The second-order valence-corrected chi connectivity index (χ2v) is 8.42. The second-order valence-electron chi connectivity index (χ2n) is 6.52. The van der Waals surface area contributed by atoms with Crippen molar-refractivity contribution in [2.45, 2.75) is 17.5 Å². The molecule has 1 atom stereocenters. The van der Waals surface area contributed by atoms with Crippen molar-refractivity contribution in [1.82, 2.24) is 9.21 Å². The molecule has 9 heteroatoms. The molecule has 1 unspecified atom stereocenters. The molecular weight excluding hydrogens is 396 g/mol. The normalized spacial score (nSPS) is 17.8. The topological polar surface area (TPSA) is 93.2 Å². The van der Waals surface area contributed by atoms with Crippen molar-refractivity contribution in [3.63, 3.8) is 0 Å². The SMILES string of the molecule is COC(=O)C1CN(Cc2ccccc2)C(=O)CN1S(=O)(=O)c1ccc(OC)cc1. The number of hydrogen-bond donors (Lipinski definition) is 0. The molecule has 1 fully saturated rings. The number of sulfonamides is 1. The van der Waals surface area contributed by atoms with Crippen LogP contribution < -0.4 is 4.74 Å². The van der Waals surface area contributed by atoms with Gasteiger partial charge in [0.2, 0.25) is 15.9 Å². The lowest BCUT2D eigenvalue weighted by molar-refractivity contribution is -0.151. The maximum atomic E-state index is 13.1. The van der Waals surface area contributed by atoms with Crippen LogP contribution in [0.15, 0.2) is 59.5 Å². The molecule has 0 radical (unpaired) electrons. The van der Waals surface area contributed by atoms with E-state index in [4.69, 9.17) is 9.47 Å². The summed E-state index contributed by atoms with van der Waals surface area (Å²) in [7, 11) is -1.42. The van der Waals surface area contributed by atoms with Gasteiger partial charge >= 0.3 is 5.97 Å². The third-order valence-corrected chi connectivity index (χ3v) is 6.61. The molecule has 1 amide bonds. The second kappa shape index (κ2) is 8.62. The molecule has 1 aliphatic heterocycles. The molecule has 0 saturated carbocycles. The molecule has 0 bridgehead atoms. The van der Waals surface area contributed by atoms with Gasteiger partial charge in [-0.3, -0.25) is 9.59 Å². The average molecular weight is 418 g/mol. The average Bonchev–Trinajstić information content (AvgIpc) is 2.75. The number of esters is 1. The molecule has 0 aliphatic carbocycles. The van der Waals surface area contributed by atoms with E-state index in [9.17, 15) is 18.0 Å². The summed E-state index contributed by atoms with van der Waals surface area (Å²) in [5, 5.41) is 0. The van der Waals surface area contributed by atoms with E-state index in [0.29, 0.717) is 5.75 Å². The van der Waals surface area contributed by atoms with E-state index in [2.05, 4.69) is 0 Å². The Morgan fingerprint density at radius 1 is 1.07 bits per heavy atom. The molecule has 29 heavy (non-hydrogen) atoms. The van der Waals surface area contributed by atoms with E-state index in [-0.39, 0.29) is 23.9 Å². The van der Waals surface area contributed by atoms with E-state index >= 15 is 0 Å². The van der Waals surface area contributed by atoms with E-state index in [0.717, 1.165) is 9.87 Å². The molecular formula is C20H22N2O6S. The van der Waals surface area contributed by atoms with Gasteiger partial charge in [0.25, 0.3) is 0 Å². The third kappa shape index (κ3) is 4.41. The predicted octanol–water partition coefficient (Wildman–Crippen LogP) is 1.27. The number of carbonyl (C=O) groups excluding carboxylic acids is 2. The van der Waals surface area contributed by atoms with Crippen molar-refractivity contribution in [2.75, 3.05) is 27.3 Å². The Labute approximate surface area is 169 Å². The number of rotatable bonds is 6. The smallest absolute Gasteiger partial charge is 0.326 e. The Kier molecular flexibility index (Phi) is 6.19. The molecule has 2 aromatic rings. The fourth-order valence-corrected chi connectivity index (χ4v) is 4.68. The van der Waals surface area contributed by atoms with E-state index in [1.54, 1.807) is 0 Å². The number of ether oxygens (including phenoxy) is 2. The van der Waals surface area contributed by atoms with Gasteiger partial charge in [-0.25, -0.2) is 8.42 Å². The van der Waals surface area contributed by atoms with Crippen LogP contribution in [0.4, 0.5) is 0 Å². The molecule has 2 aromatic carbocycles. The molecule has 0 N–H and O–H groups in total. The monoisotopic (exact) mass is 418 g/mol. The van der Waals surface area contributed by atoms with Crippen LogP contribution in [0.5, 0.6) is 5.75 Å². The molecule has 8 nitrogen and oxygen atoms in total. The van der Waals surface area contributed by atoms with Crippen molar-refractivity contribution < 1.29 is 27.5 Å². The minimum Gasteiger partial charge on any atom is -0.497 e. The summed E-state index contributed by atoms with van der Waals surface area (Å²) in [6, 6.07) is 13.9. The van der Waals surface area contributed by atoms with Gasteiger partial charge in [-0.2, -0.15) is 4.31 Å². The molecule has 0 spiro atoms. The maximum Gasteiger partial charge on any atom is 0.326 e. The first-order valence-corrected chi connectivity index (χ1v) is 10.4. The van der Waals surface area contributed by atoms with Crippen LogP contribution >= 0.6 is 0 Å². The van der Waals surface area contributed by atoms with E-state index in [1.165, 1.54) is 43.4 Å². The lowest BCUT2D eigenvalue weighted by Gasteiger charge is -2.38. The Morgan fingerprint density at radius 3 is 2.31 bits per heavy atom. The Bertz CT molecular complexity index is 976. The first-order valence-electron chi connectivity index (χ1n) is 8.92. The molecule has 1 saturated heterocycles. The van der Waals surface area contributed by atoms with Gasteiger partial charge in [-0.15, -0.1) is 0 Å². The number of hydrogen-bond acceptors (Lipinski definition) is 6. The van der Waals surface area contributed by atoms with Crippen molar-refractivity contribution in [3.05, 3.63) is 60.2 Å². The van der Waals surface area contributed by atoms with Crippen LogP contribution in [0, 0.1) is 0 Å². The Balaban J connectivity index is 1.89. The maximum absolute atomic E-state index is 13.1. The Hall–Kier alpha value is -2.91. The zero-order chi connectivity index (χ0) is 21.0. The Morgan fingerprint density at radius 2 is 1.72 bits per heavy atom. The summed E-state index contributed by atoms with van der Waals surface area (Å²) in [6.45, 7) is -0.250. The van der Waals surface area contributed by atoms with Crippen molar-refractivity contribution in [3.8, 4) is 5.75 Å². The van der Waals surface area contributed by atoms with Crippen molar-refractivity contribution in [1.29, 1.82) is 0 Å². The number of carbonyl (C=O) groups is 2. The minimum absolute atomic E-state index is 0.0310. The summed E-state index contributed by atoms with van der Waals surface area (Å²) in [5.41, 5.74) is 0.885. The van der Waals surface area contributed by atoms with Crippen LogP contribution in [0.1, 0.15) is 5.56 Å². The fraction of sp³-hybridized carbons (Fsp3) is 0.300. The molecule has 3 rings (SSSR count). The first kappa shape index (κ1) is 20.8. The van der Waals surface area contributed by atoms with Gasteiger partial charge in [0, 0.05) is 13.1 Å². The summed E-state index contributed by atoms with van der Waals surface area (Å²) in [5.74, 6) is -0.601. The molecule has 0 aromatic heterocycles. The van der Waals surface area contributed by atoms with E-state index < -0.39 is 28.6 Å². The number of amides is 1. The number of benzene rings is 2. The summed E-state index contributed by atoms with van der Waals surface area (Å²) in [4.78, 5) is 26.5. The zero-order valence-electron chi connectivity index (χ0n) is 16.1. The zero-order valence-corrected chi connectivity index (χ0v) is 17.0. The highest BCUT2D eigenvalue weighted by molar-refractivity contribution is 7.89. The van der Waals surface area contributed by atoms with Gasteiger partial charge in [0.05, 0.1) is 25.7 Å². The highest BCUT2D eigenvalue weighted by Crippen LogP contribution is 2.25. The van der Waals surface area contributed by atoms with Crippen LogP contribution in [0.2, 0.25) is 0 Å². The predicted molar refractivity (Wildman–Crippen MR) is 105 cm³/mol. The lowest BCUT2D eigenvalue weighted by atomic mass is 10.1. The highest BCUT2D eigenvalue weighted by Gasteiger charge is 2.44. The van der Waals surface area contributed by atoms with Gasteiger partial charge in [0.1, 0.15) is 11.8 Å². The number of nitrogens with zero attached hydrogens (tertiary/aromatic N) is 2.